The van der Waals surface area contributed by atoms with Gasteiger partial charge in [0.15, 0.2) is 0 Å². The van der Waals surface area contributed by atoms with Crippen molar-refractivity contribution < 1.29 is 9.53 Å². The van der Waals surface area contributed by atoms with Gasteiger partial charge in [0.1, 0.15) is 0 Å². The van der Waals surface area contributed by atoms with E-state index in [9.17, 15) is 4.79 Å². The number of nitrogens with two attached hydrogens (primary N) is 1. The molecule has 5 nitrogen and oxygen atoms in total. The monoisotopic (exact) mass is 263 g/mol. The maximum Gasteiger partial charge on any atom is 0.251 e. The summed E-state index contributed by atoms with van der Waals surface area (Å²) in [4.78, 5) is 16.1. The molecule has 1 aromatic rings. The van der Waals surface area contributed by atoms with Crippen molar-refractivity contribution in [2.45, 2.75) is 32.4 Å². The van der Waals surface area contributed by atoms with E-state index in [2.05, 4.69) is 17.2 Å². The van der Waals surface area contributed by atoms with E-state index >= 15 is 0 Å². The molecule has 1 amide bonds. The lowest BCUT2D eigenvalue weighted by Gasteiger charge is -2.17. The SMILES string of the molecule is CCC1OCCC1CNC(=O)c1ccnc(CN)c1. The van der Waals surface area contributed by atoms with Gasteiger partial charge in [-0.25, -0.2) is 0 Å². The quantitative estimate of drug-likeness (QED) is 0.833. The molecule has 5 heteroatoms. The van der Waals surface area contributed by atoms with Crippen LogP contribution in [-0.4, -0.2) is 30.1 Å². The molecule has 0 bridgehead atoms. The third-order valence-electron chi connectivity index (χ3n) is 3.56. The van der Waals surface area contributed by atoms with Gasteiger partial charge in [0.05, 0.1) is 11.8 Å². The molecule has 0 aliphatic carbocycles. The average molecular weight is 263 g/mol. The lowest BCUT2D eigenvalue weighted by molar-refractivity contribution is 0.0827. The van der Waals surface area contributed by atoms with Crippen molar-refractivity contribution in [3.63, 3.8) is 0 Å². The third-order valence-corrected chi connectivity index (χ3v) is 3.56. The van der Waals surface area contributed by atoms with E-state index in [0.29, 0.717) is 24.6 Å². The Hall–Kier alpha value is -1.46. The molecule has 0 saturated carbocycles. The van der Waals surface area contributed by atoms with Crippen LogP contribution >= 0.6 is 0 Å². The zero-order chi connectivity index (χ0) is 13.7. The largest absolute Gasteiger partial charge is 0.378 e. The number of hydrogen-bond acceptors (Lipinski definition) is 4. The van der Waals surface area contributed by atoms with Gasteiger partial charge < -0.3 is 15.8 Å². The summed E-state index contributed by atoms with van der Waals surface area (Å²) < 4.78 is 5.61. The Morgan fingerprint density at radius 1 is 1.63 bits per heavy atom. The number of rotatable bonds is 5. The molecular weight excluding hydrogens is 242 g/mol. The van der Waals surface area contributed by atoms with E-state index in [0.717, 1.165) is 25.1 Å². The average Bonchev–Trinajstić information content (AvgIpc) is 2.92. The second kappa shape index (κ2) is 6.63. The summed E-state index contributed by atoms with van der Waals surface area (Å²) in [5, 5.41) is 2.97. The summed E-state index contributed by atoms with van der Waals surface area (Å²) in [5.41, 5.74) is 6.86. The number of amides is 1. The second-order valence-corrected chi connectivity index (χ2v) is 4.82. The van der Waals surface area contributed by atoms with E-state index in [1.807, 2.05) is 0 Å². The molecule has 0 radical (unpaired) electrons. The zero-order valence-electron chi connectivity index (χ0n) is 11.3. The molecule has 2 atom stereocenters. The van der Waals surface area contributed by atoms with E-state index < -0.39 is 0 Å². The first-order valence-electron chi connectivity index (χ1n) is 6.79. The first kappa shape index (κ1) is 14.0. The van der Waals surface area contributed by atoms with Crippen LogP contribution in [0.2, 0.25) is 0 Å². The van der Waals surface area contributed by atoms with Gasteiger partial charge in [-0.1, -0.05) is 6.92 Å². The normalized spacial score (nSPS) is 22.4. The summed E-state index contributed by atoms with van der Waals surface area (Å²) in [6, 6.07) is 3.44. The topological polar surface area (TPSA) is 77.2 Å². The van der Waals surface area contributed by atoms with Gasteiger partial charge in [-0.15, -0.1) is 0 Å². The summed E-state index contributed by atoms with van der Waals surface area (Å²) in [6.45, 7) is 3.92. The molecule has 2 heterocycles. The standard InChI is InChI=1S/C14H21N3O2/c1-2-13-11(4-6-19-13)9-17-14(18)10-3-5-16-12(7-10)8-15/h3,5,7,11,13H,2,4,6,8-9,15H2,1H3,(H,17,18). The van der Waals surface area contributed by atoms with Crippen molar-refractivity contribution in [3.05, 3.63) is 29.6 Å². The van der Waals surface area contributed by atoms with Gasteiger partial charge >= 0.3 is 0 Å². The van der Waals surface area contributed by atoms with Gasteiger partial charge in [-0.05, 0) is 25.0 Å². The summed E-state index contributed by atoms with van der Waals surface area (Å²) in [7, 11) is 0. The van der Waals surface area contributed by atoms with Crippen LogP contribution in [0.25, 0.3) is 0 Å². The molecule has 1 aliphatic rings. The highest BCUT2D eigenvalue weighted by molar-refractivity contribution is 5.94. The predicted molar refractivity (Wildman–Crippen MR) is 72.6 cm³/mol. The van der Waals surface area contributed by atoms with Crippen molar-refractivity contribution >= 4 is 5.91 Å². The van der Waals surface area contributed by atoms with Gasteiger partial charge in [-0.2, -0.15) is 0 Å². The molecule has 2 rings (SSSR count). The van der Waals surface area contributed by atoms with Gasteiger partial charge in [0.25, 0.3) is 5.91 Å². The molecule has 0 aromatic carbocycles. The Morgan fingerprint density at radius 3 is 3.21 bits per heavy atom. The van der Waals surface area contributed by atoms with Crippen molar-refractivity contribution in [3.8, 4) is 0 Å². The Kier molecular flexibility index (Phi) is 4.87. The first-order chi connectivity index (χ1) is 9.24. The summed E-state index contributed by atoms with van der Waals surface area (Å²) >= 11 is 0. The van der Waals surface area contributed by atoms with Crippen LogP contribution in [0.3, 0.4) is 0 Å². The number of hydrogen-bond donors (Lipinski definition) is 2. The molecule has 1 aromatic heterocycles. The van der Waals surface area contributed by atoms with Crippen LogP contribution in [-0.2, 0) is 11.3 Å². The lowest BCUT2D eigenvalue weighted by atomic mass is 9.99. The highest BCUT2D eigenvalue weighted by Gasteiger charge is 2.26. The number of nitrogens with zero attached hydrogens (tertiary/aromatic N) is 1. The van der Waals surface area contributed by atoms with Crippen molar-refractivity contribution in [1.29, 1.82) is 0 Å². The molecule has 1 saturated heterocycles. The highest BCUT2D eigenvalue weighted by Crippen LogP contribution is 2.22. The molecule has 3 N–H and O–H groups in total. The van der Waals surface area contributed by atoms with Crippen molar-refractivity contribution in [1.82, 2.24) is 10.3 Å². The van der Waals surface area contributed by atoms with Crippen LogP contribution in [0.15, 0.2) is 18.3 Å². The second-order valence-electron chi connectivity index (χ2n) is 4.82. The van der Waals surface area contributed by atoms with Crippen LogP contribution in [0.5, 0.6) is 0 Å². The molecule has 104 valence electrons. The summed E-state index contributed by atoms with van der Waals surface area (Å²) in [6.07, 6.45) is 3.90. The number of aromatic nitrogens is 1. The van der Waals surface area contributed by atoms with Gasteiger partial charge in [-0.3, -0.25) is 9.78 Å². The number of ether oxygens (including phenoxy) is 1. The van der Waals surface area contributed by atoms with E-state index in [1.54, 1.807) is 18.3 Å². The molecular formula is C14H21N3O2. The Morgan fingerprint density at radius 2 is 2.47 bits per heavy atom. The molecule has 1 aliphatic heterocycles. The van der Waals surface area contributed by atoms with Crippen molar-refractivity contribution in [2.75, 3.05) is 13.2 Å². The smallest absolute Gasteiger partial charge is 0.251 e. The minimum Gasteiger partial charge on any atom is -0.378 e. The number of carbonyl (C=O) groups is 1. The zero-order valence-corrected chi connectivity index (χ0v) is 11.3. The minimum absolute atomic E-state index is 0.0705. The highest BCUT2D eigenvalue weighted by atomic mass is 16.5. The molecule has 19 heavy (non-hydrogen) atoms. The van der Waals surface area contributed by atoms with E-state index in [4.69, 9.17) is 10.5 Å². The fraction of sp³-hybridized carbons (Fsp3) is 0.571. The third kappa shape index (κ3) is 3.52. The number of pyridine rings is 1. The number of carbonyl (C=O) groups excluding carboxylic acids is 1. The van der Waals surface area contributed by atoms with Crippen LogP contribution < -0.4 is 11.1 Å². The van der Waals surface area contributed by atoms with Crippen LogP contribution in [0, 0.1) is 5.92 Å². The van der Waals surface area contributed by atoms with Crippen molar-refractivity contribution in [2.24, 2.45) is 11.7 Å². The predicted octanol–water partition coefficient (Wildman–Crippen LogP) is 1.09. The van der Waals surface area contributed by atoms with Crippen LogP contribution in [0.1, 0.15) is 35.8 Å². The van der Waals surface area contributed by atoms with E-state index in [1.165, 1.54) is 0 Å². The van der Waals surface area contributed by atoms with E-state index in [-0.39, 0.29) is 12.0 Å². The molecule has 2 unspecified atom stereocenters. The Bertz CT molecular complexity index is 436. The molecule has 1 fully saturated rings. The lowest BCUT2D eigenvalue weighted by Crippen LogP contribution is -2.32. The fourth-order valence-electron chi connectivity index (χ4n) is 2.43. The maximum atomic E-state index is 12.0. The Labute approximate surface area is 113 Å². The fourth-order valence-corrected chi connectivity index (χ4v) is 2.43. The Balaban J connectivity index is 1.90. The molecule has 0 spiro atoms. The maximum absolute atomic E-state index is 12.0. The minimum atomic E-state index is -0.0705. The summed E-state index contributed by atoms with van der Waals surface area (Å²) in [5.74, 6) is 0.351. The number of nitrogens with one attached hydrogen (secondary N) is 1. The first-order valence-corrected chi connectivity index (χ1v) is 6.79. The van der Waals surface area contributed by atoms with Gasteiger partial charge in [0, 0.05) is 37.4 Å². The van der Waals surface area contributed by atoms with Gasteiger partial charge in [0.2, 0.25) is 0 Å². The van der Waals surface area contributed by atoms with Crippen LogP contribution in [0.4, 0.5) is 0 Å².